The fraction of sp³-hybridized carbons (Fsp3) is 0.538. The first-order valence-corrected chi connectivity index (χ1v) is 5.99. The van der Waals surface area contributed by atoms with Gasteiger partial charge < -0.3 is 15.4 Å². The molecule has 2 N–H and O–H groups in total. The number of hydrogen-bond acceptors (Lipinski definition) is 3. The maximum Gasteiger partial charge on any atom is 0.146 e. The molecule has 0 bridgehead atoms. The minimum Gasteiger partial charge on any atom is -0.372 e. The van der Waals surface area contributed by atoms with Gasteiger partial charge in [-0.15, -0.1) is 0 Å². The number of benzene rings is 1. The van der Waals surface area contributed by atoms with Crippen LogP contribution in [0.2, 0.25) is 0 Å². The first-order chi connectivity index (χ1) is 8.10. The van der Waals surface area contributed by atoms with Gasteiger partial charge in [0, 0.05) is 19.6 Å². The Hall–Kier alpha value is -1.13. The Balaban J connectivity index is 2.21. The van der Waals surface area contributed by atoms with E-state index in [2.05, 4.69) is 0 Å². The van der Waals surface area contributed by atoms with Crippen LogP contribution in [-0.4, -0.2) is 25.3 Å². The summed E-state index contributed by atoms with van der Waals surface area (Å²) in [5, 5.41) is 0. The molecule has 0 aromatic heterocycles. The van der Waals surface area contributed by atoms with Crippen molar-refractivity contribution in [3.8, 4) is 0 Å². The van der Waals surface area contributed by atoms with Crippen molar-refractivity contribution in [2.24, 2.45) is 5.73 Å². The average Bonchev–Trinajstić information content (AvgIpc) is 2.27. The maximum absolute atomic E-state index is 13.9. The quantitative estimate of drug-likeness (QED) is 0.855. The summed E-state index contributed by atoms with van der Waals surface area (Å²) in [5.41, 5.74) is 6.95. The summed E-state index contributed by atoms with van der Waals surface area (Å²) in [6.45, 7) is 5.84. The molecule has 17 heavy (non-hydrogen) atoms. The zero-order valence-corrected chi connectivity index (χ0v) is 10.3. The lowest BCUT2D eigenvalue weighted by molar-refractivity contribution is -0.00539. The van der Waals surface area contributed by atoms with Gasteiger partial charge in [-0.1, -0.05) is 6.07 Å². The molecule has 3 nitrogen and oxygen atoms in total. The van der Waals surface area contributed by atoms with E-state index in [9.17, 15) is 4.39 Å². The van der Waals surface area contributed by atoms with Crippen LogP contribution in [0, 0.1) is 5.82 Å². The summed E-state index contributed by atoms with van der Waals surface area (Å²) in [7, 11) is 0. The molecule has 0 spiro atoms. The molecule has 1 aromatic rings. The van der Waals surface area contributed by atoms with Crippen molar-refractivity contribution in [2.75, 3.05) is 18.0 Å². The zero-order valence-electron chi connectivity index (χ0n) is 10.3. The Morgan fingerprint density at radius 3 is 2.53 bits per heavy atom. The van der Waals surface area contributed by atoms with Crippen LogP contribution in [0.3, 0.4) is 0 Å². The van der Waals surface area contributed by atoms with E-state index in [-0.39, 0.29) is 18.0 Å². The van der Waals surface area contributed by atoms with E-state index in [1.54, 1.807) is 0 Å². The summed E-state index contributed by atoms with van der Waals surface area (Å²) >= 11 is 0. The molecule has 1 aliphatic heterocycles. The van der Waals surface area contributed by atoms with Crippen LogP contribution in [0.25, 0.3) is 0 Å². The van der Waals surface area contributed by atoms with E-state index in [1.807, 2.05) is 30.9 Å². The van der Waals surface area contributed by atoms with Crippen LogP contribution < -0.4 is 10.6 Å². The SMILES string of the molecule is C[C@@H]1CN(c2ccc(CN)cc2F)C[C@@H](C)O1. The van der Waals surface area contributed by atoms with Crippen molar-refractivity contribution in [3.63, 3.8) is 0 Å². The van der Waals surface area contributed by atoms with Crippen LogP contribution in [-0.2, 0) is 11.3 Å². The van der Waals surface area contributed by atoms with Crippen molar-refractivity contribution in [1.82, 2.24) is 0 Å². The van der Waals surface area contributed by atoms with Gasteiger partial charge in [0.2, 0.25) is 0 Å². The predicted octanol–water partition coefficient (Wildman–Crippen LogP) is 1.90. The van der Waals surface area contributed by atoms with E-state index in [1.165, 1.54) is 6.07 Å². The molecule has 1 fully saturated rings. The third-order valence-corrected chi connectivity index (χ3v) is 3.01. The molecule has 0 unspecified atom stereocenters. The van der Waals surface area contributed by atoms with Crippen molar-refractivity contribution >= 4 is 5.69 Å². The van der Waals surface area contributed by atoms with Crippen LogP contribution in [0.15, 0.2) is 18.2 Å². The summed E-state index contributed by atoms with van der Waals surface area (Å²) in [4.78, 5) is 2.04. The summed E-state index contributed by atoms with van der Waals surface area (Å²) in [5.74, 6) is -0.200. The normalized spacial score (nSPS) is 25.1. The van der Waals surface area contributed by atoms with E-state index in [0.29, 0.717) is 12.2 Å². The Bertz CT molecular complexity index is 387. The van der Waals surface area contributed by atoms with E-state index >= 15 is 0 Å². The van der Waals surface area contributed by atoms with Gasteiger partial charge in [-0.2, -0.15) is 0 Å². The minimum atomic E-state index is -0.200. The highest BCUT2D eigenvalue weighted by Crippen LogP contribution is 2.24. The number of nitrogens with two attached hydrogens (primary N) is 1. The van der Waals surface area contributed by atoms with Gasteiger partial charge in [-0.25, -0.2) is 4.39 Å². The topological polar surface area (TPSA) is 38.5 Å². The second-order valence-electron chi connectivity index (χ2n) is 4.65. The smallest absolute Gasteiger partial charge is 0.146 e. The molecule has 0 amide bonds. The van der Waals surface area contributed by atoms with Gasteiger partial charge in [-0.3, -0.25) is 0 Å². The lowest BCUT2D eigenvalue weighted by atomic mass is 10.1. The van der Waals surface area contributed by atoms with Gasteiger partial charge >= 0.3 is 0 Å². The van der Waals surface area contributed by atoms with Gasteiger partial charge in [0.05, 0.1) is 17.9 Å². The van der Waals surface area contributed by atoms with Crippen molar-refractivity contribution in [1.29, 1.82) is 0 Å². The fourth-order valence-corrected chi connectivity index (χ4v) is 2.31. The lowest BCUT2D eigenvalue weighted by Crippen LogP contribution is -2.45. The Labute approximate surface area is 101 Å². The van der Waals surface area contributed by atoms with Crippen LogP contribution >= 0.6 is 0 Å². The number of anilines is 1. The number of hydrogen-bond donors (Lipinski definition) is 1. The molecule has 1 aliphatic rings. The second-order valence-corrected chi connectivity index (χ2v) is 4.65. The van der Waals surface area contributed by atoms with Gasteiger partial charge in [0.15, 0.2) is 0 Å². The predicted molar refractivity (Wildman–Crippen MR) is 66.5 cm³/mol. The highest BCUT2D eigenvalue weighted by molar-refractivity contribution is 5.49. The first kappa shape index (κ1) is 12.3. The van der Waals surface area contributed by atoms with E-state index in [4.69, 9.17) is 10.5 Å². The Kier molecular flexibility index (Phi) is 3.64. The highest BCUT2D eigenvalue weighted by atomic mass is 19.1. The van der Waals surface area contributed by atoms with E-state index in [0.717, 1.165) is 18.7 Å². The Morgan fingerprint density at radius 1 is 1.35 bits per heavy atom. The lowest BCUT2D eigenvalue weighted by Gasteiger charge is -2.37. The van der Waals surface area contributed by atoms with Crippen molar-refractivity contribution in [2.45, 2.75) is 32.6 Å². The largest absolute Gasteiger partial charge is 0.372 e. The maximum atomic E-state index is 13.9. The summed E-state index contributed by atoms with van der Waals surface area (Å²) in [6.07, 6.45) is 0.264. The van der Waals surface area contributed by atoms with Gasteiger partial charge in [0.25, 0.3) is 0 Å². The van der Waals surface area contributed by atoms with Crippen molar-refractivity contribution < 1.29 is 9.13 Å². The van der Waals surface area contributed by atoms with Crippen LogP contribution in [0.4, 0.5) is 10.1 Å². The van der Waals surface area contributed by atoms with Crippen LogP contribution in [0.1, 0.15) is 19.4 Å². The number of morpholine rings is 1. The summed E-state index contributed by atoms with van der Waals surface area (Å²) in [6, 6.07) is 5.20. The molecule has 1 heterocycles. The van der Waals surface area contributed by atoms with Gasteiger partial charge in [-0.05, 0) is 31.5 Å². The molecular weight excluding hydrogens is 219 g/mol. The van der Waals surface area contributed by atoms with Gasteiger partial charge in [0.1, 0.15) is 5.82 Å². The molecular formula is C13H19FN2O. The average molecular weight is 238 g/mol. The third kappa shape index (κ3) is 2.76. The first-order valence-electron chi connectivity index (χ1n) is 5.99. The zero-order chi connectivity index (χ0) is 12.4. The minimum absolute atomic E-state index is 0.132. The van der Waals surface area contributed by atoms with E-state index < -0.39 is 0 Å². The van der Waals surface area contributed by atoms with Crippen molar-refractivity contribution in [3.05, 3.63) is 29.6 Å². The molecule has 0 aliphatic carbocycles. The number of nitrogens with zero attached hydrogens (tertiary/aromatic N) is 1. The monoisotopic (exact) mass is 238 g/mol. The molecule has 1 saturated heterocycles. The Morgan fingerprint density at radius 2 is 2.00 bits per heavy atom. The molecule has 2 atom stereocenters. The molecule has 0 saturated carbocycles. The molecule has 4 heteroatoms. The standard InChI is InChI=1S/C13H19FN2O/c1-9-7-16(8-10(2)17-9)13-4-3-11(6-15)5-12(13)14/h3-5,9-10H,6-8,15H2,1-2H3/t9-,10-/m1/s1. The number of halogens is 1. The summed E-state index contributed by atoms with van der Waals surface area (Å²) < 4.78 is 19.6. The molecule has 0 radical (unpaired) electrons. The second kappa shape index (κ2) is 5.02. The number of ether oxygens (including phenoxy) is 1. The molecule has 1 aromatic carbocycles. The molecule has 2 rings (SSSR count). The highest BCUT2D eigenvalue weighted by Gasteiger charge is 2.24. The third-order valence-electron chi connectivity index (χ3n) is 3.01. The fourth-order valence-electron chi connectivity index (χ4n) is 2.31. The van der Waals surface area contributed by atoms with Crippen LogP contribution in [0.5, 0.6) is 0 Å². The molecule has 94 valence electrons. The number of rotatable bonds is 2.